The number of aryl methyl sites for hydroxylation is 1. The largest absolute Gasteiger partial charge is 0.345 e. The minimum absolute atomic E-state index is 0.0430. The van der Waals surface area contributed by atoms with Crippen molar-refractivity contribution in [2.75, 3.05) is 18.8 Å². The van der Waals surface area contributed by atoms with Crippen molar-refractivity contribution in [2.24, 2.45) is 7.05 Å². The maximum atomic E-state index is 12.2. The van der Waals surface area contributed by atoms with Gasteiger partial charge in [0.15, 0.2) is 0 Å². The number of hydrogen-bond donors (Lipinski definition) is 0. The highest BCUT2D eigenvalue weighted by atomic mass is 32.2. The van der Waals surface area contributed by atoms with Crippen molar-refractivity contribution in [3.8, 4) is 0 Å². The molecule has 0 N–H and O–H groups in total. The van der Waals surface area contributed by atoms with Gasteiger partial charge in [-0.1, -0.05) is 6.92 Å². The van der Waals surface area contributed by atoms with E-state index >= 15 is 0 Å². The van der Waals surface area contributed by atoms with Gasteiger partial charge in [-0.05, 0) is 32.1 Å². The number of aromatic nitrogens is 3. The van der Waals surface area contributed by atoms with Crippen LogP contribution in [0.15, 0.2) is 4.79 Å². The van der Waals surface area contributed by atoms with Crippen molar-refractivity contribution >= 4 is 10.0 Å². The monoisotopic (exact) mass is 328 g/mol. The third-order valence-electron chi connectivity index (χ3n) is 4.57. The Morgan fingerprint density at radius 1 is 1.18 bits per heavy atom. The van der Waals surface area contributed by atoms with Crippen molar-refractivity contribution in [1.82, 2.24) is 18.7 Å². The molecule has 2 aliphatic rings. The Balaban J connectivity index is 1.75. The number of piperidine rings is 1. The molecule has 0 spiro atoms. The van der Waals surface area contributed by atoms with E-state index in [9.17, 15) is 13.2 Å². The van der Waals surface area contributed by atoms with Crippen LogP contribution in [0, 0.1) is 0 Å². The van der Waals surface area contributed by atoms with E-state index in [0.29, 0.717) is 25.6 Å². The van der Waals surface area contributed by atoms with Crippen LogP contribution in [-0.2, 0) is 17.1 Å². The fraction of sp³-hybridized carbons (Fsp3) is 0.857. The van der Waals surface area contributed by atoms with E-state index < -0.39 is 10.0 Å². The maximum Gasteiger partial charge on any atom is 0.345 e. The van der Waals surface area contributed by atoms with Crippen LogP contribution in [0.3, 0.4) is 0 Å². The van der Waals surface area contributed by atoms with E-state index in [0.717, 1.165) is 31.5 Å². The molecule has 1 aliphatic heterocycles. The van der Waals surface area contributed by atoms with Crippen LogP contribution in [-0.4, -0.2) is 45.9 Å². The zero-order valence-electron chi connectivity index (χ0n) is 13.2. The molecule has 22 heavy (non-hydrogen) atoms. The summed E-state index contributed by atoms with van der Waals surface area (Å²) in [7, 11) is -1.43. The van der Waals surface area contributed by atoms with E-state index in [-0.39, 0.29) is 17.4 Å². The summed E-state index contributed by atoms with van der Waals surface area (Å²) in [6.45, 7) is 2.94. The summed E-state index contributed by atoms with van der Waals surface area (Å²) in [5, 5.41) is 4.42. The Hall–Kier alpha value is -1.15. The Kier molecular flexibility index (Phi) is 4.15. The van der Waals surface area contributed by atoms with Gasteiger partial charge in [-0.25, -0.2) is 22.2 Å². The highest BCUT2D eigenvalue weighted by Gasteiger charge is 2.35. The Labute approximate surface area is 131 Å². The number of hydrogen-bond acceptors (Lipinski definition) is 4. The number of rotatable bonds is 5. The molecule has 0 radical (unpaired) electrons. The fourth-order valence-electron chi connectivity index (χ4n) is 3.23. The molecule has 0 amide bonds. The van der Waals surface area contributed by atoms with Crippen molar-refractivity contribution in [3.05, 3.63) is 16.3 Å². The van der Waals surface area contributed by atoms with Gasteiger partial charge in [-0.3, -0.25) is 4.57 Å². The summed E-state index contributed by atoms with van der Waals surface area (Å²) in [6.07, 6.45) is 4.21. The lowest BCUT2D eigenvalue weighted by Gasteiger charge is -2.30. The lowest BCUT2D eigenvalue weighted by Crippen LogP contribution is -2.39. The first-order valence-corrected chi connectivity index (χ1v) is 9.68. The number of nitrogens with zero attached hydrogens (tertiary/aromatic N) is 4. The van der Waals surface area contributed by atoms with E-state index in [1.807, 2.05) is 11.5 Å². The van der Waals surface area contributed by atoms with Crippen LogP contribution in [0.25, 0.3) is 0 Å². The fourth-order valence-corrected chi connectivity index (χ4v) is 4.77. The molecule has 1 saturated heterocycles. The van der Waals surface area contributed by atoms with Crippen LogP contribution in [0.1, 0.15) is 56.8 Å². The van der Waals surface area contributed by atoms with Crippen LogP contribution < -0.4 is 5.69 Å². The zero-order chi connectivity index (χ0) is 15.9. The molecule has 1 aromatic heterocycles. The van der Waals surface area contributed by atoms with Gasteiger partial charge in [-0.2, -0.15) is 5.10 Å². The standard InChI is InChI=1S/C14H24N4O3S/c1-3-10-22(20,21)17-8-6-11(7-9-17)13-15-16(2)14(19)18(13)12-4-5-12/h11-12H,3-10H2,1-2H3. The second kappa shape index (κ2) is 5.81. The van der Waals surface area contributed by atoms with Gasteiger partial charge in [-0.15, -0.1) is 0 Å². The first kappa shape index (κ1) is 15.7. The van der Waals surface area contributed by atoms with Gasteiger partial charge >= 0.3 is 5.69 Å². The summed E-state index contributed by atoms with van der Waals surface area (Å²) in [6, 6.07) is 0.304. The normalized spacial score (nSPS) is 21.4. The van der Waals surface area contributed by atoms with Crippen molar-refractivity contribution in [2.45, 2.75) is 51.0 Å². The topological polar surface area (TPSA) is 77.2 Å². The summed E-state index contributed by atoms with van der Waals surface area (Å²) < 4.78 is 29.1. The predicted octanol–water partition coefficient (Wildman–Crippen LogP) is 0.836. The highest BCUT2D eigenvalue weighted by Crippen LogP contribution is 2.37. The lowest BCUT2D eigenvalue weighted by atomic mass is 9.97. The van der Waals surface area contributed by atoms with Crippen LogP contribution >= 0.6 is 0 Å². The highest BCUT2D eigenvalue weighted by molar-refractivity contribution is 7.89. The summed E-state index contributed by atoms with van der Waals surface area (Å²) in [5.41, 5.74) is -0.0430. The zero-order valence-corrected chi connectivity index (χ0v) is 14.0. The minimum Gasteiger partial charge on any atom is -0.276 e. The SMILES string of the molecule is CCCS(=O)(=O)N1CCC(c2nn(C)c(=O)n2C2CC2)CC1. The van der Waals surface area contributed by atoms with E-state index in [1.165, 1.54) is 4.68 Å². The second-order valence-electron chi connectivity index (χ2n) is 6.35. The molecule has 124 valence electrons. The molecule has 2 fully saturated rings. The summed E-state index contributed by atoms with van der Waals surface area (Å²) >= 11 is 0. The minimum atomic E-state index is -3.12. The lowest BCUT2D eigenvalue weighted by molar-refractivity contribution is 0.308. The molecule has 0 aromatic carbocycles. The van der Waals surface area contributed by atoms with Crippen LogP contribution in [0.5, 0.6) is 0 Å². The molecular formula is C14H24N4O3S. The van der Waals surface area contributed by atoms with Gasteiger partial charge in [0, 0.05) is 32.1 Å². The van der Waals surface area contributed by atoms with Gasteiger partial charge in [0.2, 0.25) is 10.0 Å². The molecule has 1 saturated carbocycles. The van der Waals surface area contributed by atoms with Crippen LogP contribution in [0.2, 0.25) is 0 Å². The average molecular weight is 328 g/mol. The quantitative estimate of drug-likeness (QED) is 0.802. The smallest absolute Gasteiger partial charge is 0.276 e. The molecule has 0 bridgehead atoms. The Morgan fingerprint density at radius 2 is 1.82 bits per heavy atom. The van der Waals surface area contributed by atoms with Gasteiger partial charge in [0.1, 0.15) is 5.82 Å². The van der Waals surface area contributed by atoms with Gasteiger partial charge in [0.05, 0.1) is 5.75 Å². The molecule has 1 aromatic rings. The Morgan fingerprint density at radius 3 is 2.36 bits per heavy atom. The molecule has 7 nitrogen and oxygen atoms in total. The maximum absolute atomic E-state index is 12.2. The van der Waals surface area contributed by atoms with Gasteiger partial charge in [0.25, 0.3) is 0 Å². The van der Waals surface area contributed by atoms with Gasteiger partial charge < -0.3 is 0 Å². The molecule has 0 unspecified atom stereocenters. The van der Waals surface area contributed by atoms with Crippen LogP contribution in [0.4, 0.5) is 0 Å². The third kappa shape index (κ3) is 2.86. The average Bonchev–Trinajstić information content (AvgIpc) is 3.27. The molecule has 1 aliphatic carbocycles. The first-order valence-electron chi connectivity index (χ1n) is 8.07. The second-order valence-corrected chi connectivity index (χ2v) is 8.44. The number of sulfonamides is 1. The summed E-state index contributed by atoms with van der Waals surface area (Å²) in [4.78, 5) is 12.2. The van der Waals surface area contributed by atoms with E-state index in [4.69, 9.17) is 0 Å². The van der Waals surface area contributed by atoms with Crippen molar-refractivity contribution < 1.29 is 8.42 Å². The molecular weight excluding hydrogens is 304 g/mol. The van der Waals surface area contributed by atoms with Crippen molar-refractivity contribution in [3.63, 3.8) is 0 Å². The molecule has 0 atom stereocenters. The first-order chi connectivity index (χ1) is 10.4. The molecule has 3 rings (SSSR count). The third-order valence-corrected chi connectivity index (χ3v) is 6.64. The molecule has 2 heterocycles. The summed E-state index contributed by atoms with van der Waals surface area (Å²) in [5.74, 6) is 1.25. The molecule has 8 heteroatoms. The van der Waals surface area contributed by atoms with E-state index in [2.05, 4.69) is 5.10 Å². The van der Waals surface area contributed by atoms with E-state index in [1.54, 1.807) is 11.4 Å². The Bertz CT molecular complexity index is 694. The predicted molar refractivity (Wildman–Crippen MR) is 83.4 cm³/mol. The van der Waals surface area contributed by atoms with Crippen molar-refractivity contribution in [1.29, 1.82) is 0 Å².